The number of rotatable bonds is 47. The Morgan fingerprint density at radius 1 is 0.323 bits per heavy atom. The molecule has 0 aliphatic carbocycles. The minimum absolute atomic E-state index is 0.105. The van der Waals surface area contributed by atoms with Crippen molar-refractivity contribution in [2.75, 3.05) is 13.2 Å². The van der Waals surface area contributed by atoms with Gasteiger partial charge >= 0.3 is 17.9 Å². The first-order valence-corrected chi connectivity index (χ1v) is 26.7. The Morgan fingerprint density at radius 2 is 0.646 bits per heavy atom. The van der Waals surface area contributed by atoms with Crippen molar-refractivity contribution in [1.82, 2.24) is 0 Å². The van der Waals surface area contributed by atoms with E-state index in [1.54, 1.807) is 0 Å². The summed E-state index contributed by atoms with van der Waals surface area (Å²) in [6.07, 6.45) is 69.7. The summed E-state index contributed by atoms with van der Waals surface area (Å²) in [4.78, 5) is 38.0. The van der Waals surface area contributed by atoms with Crippen molar-refractivity contribution in [3.8, 4) is 0 Å². The van der Waals surface area contributed by atoms with Gasteiger partial charge in [-0.3, -0.25) is 14.4 Å². The summed E-state index contributed by atoms with van der Waals surface area (Å²) in [7, 11) is 0. The standard InChI is InChI=1S/C59H98O6/c1-4-7-10-13-16-19-22-25-28-29-30-31-32-35-37-40-43-46-49-52-58(61)64-55-56(65-59(62)53-50-47-44-41-38-34-27-24-21-18-15-12-9-6-3)54-63-57(60)51-48-45-42-39-36-33-26-23-20-17-14-11-8-5-2/h7,10,15-16,18-19,24-25,27-28,30-31,35,37,43,46,56H,4-6,8-9,11-14,17,20-23,26,29,32-34,36,38-42,44-45,47-55H2,1-3H3/b10-7-,18-15-,19-16-,27-24-,28-25-,31-30-,37-35-,46-43-/t56-/m1/s1. The second-order valence-corrected chi connectivity index (χ2v) is 17.4. The van der Waals surface area contributed by atoms with Gasteiger partial charge in [-0.1, -0.05) is 234 Å². The van der Waals surface area contributed by atoms with Crippen LogP contribution in [0.5, 0.6) is 0 Å². The Morgan fingerprint density at radius 3 is 1.08 bits per heavy atom. The van der Waals surface area contributed by atoms with Gasteiger partial charge in [-0.05, 0) is 83.5 Å². The lowest BCUT2D eigenvalue weighted by Crippen LogP contribution is -2.30. The molecule has 0 heterocycles. The Bertz CT molecular complexity index is 1310. The number of hydrogen-bond acceptors (Lipinski definition) is 6. The molecule has 0 unspecified atom stereocenters. The van der Waals surface area contributed by atoms with Crippen LogP contribution in [0.15, 0.2) is 97.2 Å². The van der Waals surface area contributed by atoms with Gasteiger partial charge < -0.3 is 14.2 Å². The van der Waals surface area contributed by atoms with E-state index in [9.17, 15) is 14.4 Å². The van der Waals surface area contributed by atoms with Crippen LogP contribution in [0.25, 0.3) is 0 Å². The van der Waals surface area contributed by atoms with Crippen LogP contribution in [0, 0.1) is 0 Å². The first-order valence-electron chi connectivity index (χ1n) is 26.7. The Hall–Kier alpha value is -3.67. The van der Waals surface area contributed by atoms with E-state index in [2.05, 4.69) is 112 Å². The second-order valence-electron chi connectivity index (χ2n) is 17.4. The molecule has 0 aromatic rings. The van der Waals surface area contributed by atoms with Gasteiger partial charge in [-0.15, -0.1) is 0 Å². The maximum atomic E-state index is 12.8. The minimum atomic E-state index is -0.814. The zero-order valence-electron chi connectivity index (χ0n) is 42.2. The number of hydrogen-bond donors (Lipinski definition) is 0. The predicted molar refractivity (Wildman–Crippen MR) is 279 cm³/mol. The van der Waals surface area contributed by atoms with Crippen LogP contribution in [0.4, 0.5) is 0 Å². The van der Waals surface area contributed by atoms with E-state index >= 15 is 0 Å². The molecule has 0 N–H and O–H groups in total. The summed E-state index contributed by atoms with van der Waals surface area (Å²) in [6.45, 7) is 6.41. The van der Waals surface area contributed by atoms with E-state index < -0.39 is 6.10 Å². The first-order chi connectivity index (χ1) is 32.0. The molecule has 1 atom stereocenters. The number of carbonyl (C=O) groups excluding carboxylic acids is 3. The number of unbranched alkanes of at least 4 members (excludes halogenated alkanes) is 20. The van der Waals surface area contributed by atoms with Crippen molar-refractivity contribution in [3.05, 3.63) is 97.2 Å². The smallest absolute Gasteiger partial charge is 0.306 e. The van der Waals surface area contributed by atoms with Crippen LogP contribution < -0.4 is 0 Å². The number of esters is 3. The molecule has 370 valence electrons. The summed E-state index contributed by atoms with van der Waals surface area (Å²) in [5.41, 5.74) is 0. The van der Waals surface area contributed by atoms with Crippen molar-refractivity contribution in [1.29, 1.82) is 0 Å². The lowest BCUT2D eigenvalue weighted by molar-refractivity contribution is -0.166. The van der Waals surface area contributed by atoms with Gasteiger partial charge in [-0.25, -0.2) is 0 Å². The summed E-state index contributed by atoms with van der Waals surface area (Å²) >= 11 is 0. The van der Waals surface area contributed by atoms with E-state index in [4.69, 9.17) is 14.2 Å². The van der Waals surface area contributed by atoms with Crippen LogP contribution in [-0.2, 0) is 28.6 Å². The van der Waals surface area contributed by atoms with Crippen LogP contribution in [0.3, 0.4) is 0 Å². The van der Waals surface area contributed by atoms with Gasteiger partial charge in [0.1, 0.15) is 13.2 Å². The zero-order valence-corrected chi connectivity index (χ0v) is 42.2. The molecule has 0 aliphatic rings. The average Bonchev–Trinajstić information content (AvgIpc) is 3.30. The fourth-order valence-electron chi connectivity index (χ4n) is 7.07. The van der Waals surface area contributed by atoms with Crippen LogP contribution in [0.2, 0.25) is 0 Å². The fraction of sp³-hybridized carbons (Fsp3) is 0.678. The van der Waals surface area contributed by atoms with Crippen molar-refractivity contribution in [2.45, 2.75) is 245 Å². The van der Waals surface area contributed by atoms with E-state index in [0.29, 0.717) is 19.3 Å². The SMILES string of the molecule is CC/C=C\C/C=C\C/C=C\C/C=C\C/C=C\C/C=C\CCC(=O)OC[C@@H](COC(=O)CCCCCCCCCCCCCCCC)OC(=O)CCCCCCC/C=C\C/C=C\CCCC. The molecule has 0 fully saturated rings. The highest BCUT2D eigenvalue weighted by atomic mass is 16.6. The Labute approximate surface area is 400 Å². The van der Waals surface area contributed by atoms with E-state index in [1.807, 2.05) is 6.08 Å². The third kappa shape index (κ3) is 51.2. The molecule has 0 aromatic heterocycles. The van der Waals surface area contributed by atoms with Crippen molar-refractivity contribution in [3.63, 3.8) is 0 Å². The fourth-order valence-corrected chi connectivity index (χ4v) is 7.07. The molecular formula is C59H98O6. The highest BCUT2D eigenvalue weighted by molar-refractivity contribution is 5.71. The average molecular weight is 903 g/mol. The number of allylic oxidation sites excluding steroid dienone is 16. The van der Waals surface area contributed by atoms with Gasteiger partial charge in [0.05, 0.1) is 0 Å². The molecule has 65 heavy (non-hydrogen) atoms. The molecule has 6 nitrogen and oxygen atoms in total. The molecule has 0 rings (SSSR count). The predicted octanol–water partition coefficient (Wildman–Crippen LogP) is 17.8. The maximum Gasteiger partial charge on any atom is 0.306 e. The quantitative estimate of drug-likeness (QED) is 0.0262. The molecule has 0 saturated carbocycles. The highest BCUT2D eigenvalue weighted by Gasteiger charge is 2.19. The van der Waals surface area contributed by atoms with Gasteiger partial charge in [0.15, 0.2) is 6.10 Å². The van der Waals surface area contributed by atoms with Crippen LogP contribution in [0.1, 0.15) is 239 Å². The van der Waals surface area contributed by atoms with Crippen LogP contribution >= 0.6 is 0 Å². The molecule has 0 aromatic carbocycles. The summed E-state index contributed by atoms with van der Waals surface area (Å²) in [5, 5.41) is 0. The van der Waals surface area contributed by atoms with Gasteiger partial charge in [0, 0.05) is 19.3 Å². The zero-order chi connectivity index (χ0) is 47.2. The maximum absolute atomic E-state index is 12.8. The normalized spacial score (nSPS) is 12.8. The monoisotopic (exact) mass is 903 g/mol. The van der Waals surface area contributed by atoms with E-state index in [-0.39, 0.29) is 37.5 Å². The Balaban J connectivity index is 4.51. The third-order valence-corrected chi connectivity index (χ3v) is 11.1. The number of ether oxygens (including phenoxy) is 3. The van der Waals surface area contributed by atoms with Crippen molar-refractivity contribution < 1.29 is 28.6 Å². The van der Waals surface area contributed by atoms with Gasteiger partial charge in [-0.2, -0.15) is 0 Å². The van der Waals surface area contributed by atoms with Crippen molar-refractivity contribution >= 4 is 17.9 Å². The molecule has 0 radical (unpaired) electrons. The Kier molecular flexibility index (Phi) is 50.0. The molecular weight excluding hydrogens is 805 g/mol. The first kappa shape index (κ1) is 61.3. The third-order valence-electron chi connectivity index (χ3n) is 11.1. The van der Waals surface area contributed by atoms with E-state index in [1.165, 1.54) is 89.9 Å². The second kappa shape index (κ2) is 52.9. The van der Waals surface area contributed by atoms with Crippen molar-refractivity contribution in [2.24, 2.45) is 0 Å². The number of carbonyl (C=O) groups is 3. The molecule has 0 bridgehead atoms. The van der Waals surface area contributed by atoms with Gasteiger partial charge in [0.25, 0.3) is 0 Å². The van der Waals surface area contributed by atoms with Crippen LogP contribution in [-0.4, -0.2) is 37.2 Å². The lowest BCUT2D eigenvalue weighted by atomic mass is 10.0. The topological polar surface area (TPSA) is 78.9 Å². The molecule has 6 heteroatoms. The molecule has 0 saturated heterocycles. The summed E-state index contributed by atoms with van der Waals surface area (Å²) in [6, 6.07) is 0. The minimum Gasteiger partial charge on any atom is -0.462 e. The molecule has 0 amide bonds. The summed E-state index contributed by atoms with van der Waals surface area (Å²) in [5.74, 6) is -1.01. The molecule has 0 spiro atoms. The molecule has 0 aliphatic heterocycles. The van der Waals surface area contributed by atoms with Gasteiger partial charge in [0.2, 0.25) is 0 Å². The largest absolute Gasteiger partial charge is 0.462 e. The highest BCUT2D eigenvalue weighted by Crippen LogP contribution is 2.15. The summed E-state index contributed by atoms with van der Waals surface area (Å²) < 4.78 is 16.7. The van der Waals surface area contributed by atoms with E-state index in [0.717, 1.165) is 103 Å². The lowest BCUT2D eigenvalue weighted by Gasteiger charge is -2.18.